The zero-order valence-corrected chi connectivity index (χ0v) is 9.40. The van der Waals surface area contributed by atoms with Crippen LogP contribution in [0.1, 0.15) is 30.9 Å². The molecule has 0 spiro atoms. The molecule has 0 aromatic heterocycles. The number of terminal acetylenes is 1. The van der Waals surface area contributed by atoms with Gasteiger partial charge < -0.3 is 5.11 Å². The summed E-state index contributed by atoms with van der Waals surface area (Å²) in [5.74, 6) is 1.67. The molecule has 0 heterocycles. The number of carbonyl (C=O) groups is 1. The number of benzene rings is 1. The van der Waals surface area contributed by atoms with Gasteiger partial charge in [0.25, 0.3) is 0 Å². The number of rotatable bonds is 2. The van der Waals surface area contributed by atoms with Gasteiger partial charge in [0.05, 0.1) is 5.92 Å². The predicted octanol–water partition coefficient (Wildman–Crippen LogP) is 2.49. The molecule has 1 aliphatic rings. The topological polar surface area (TPSA) is 37.3 Å². The van der Waals surface area contributed by atoms with E-state index in [1.54, 1.807) is 0 Å². The van der Waals surface area contributed by atoms with Gasteiger partial charge in [-0.05, 0) is 23.1 Å². The van der Waals surface area contributed by atoms with E-state index in [0.717, 1.165) is 11.1 Å². The number of carboxylic acid groups (broad SMARTS) is 1. The zero-order chi connectivity index (χ0) is 11.9. The Bertz CT molecular complexity index is 463. The molecule has 16 heavy (non-hydrogen) atoms. The van der Waals surface area contributed by atoms with E-state index >= 15 is 0 Å². The first kappa shape index (κ1) is 10.8. The molecule has 0 aliphatic heterocycles. The van der Waals surface area contributed by atoms with Crippen LogP contribution in [-0.4, -0.2) is 11.1 Å². The Balaban J connectivity index is 2.27. The van der Waals surface area contributed by atoms with Crippen molar-refractivity contribution in [2.75, 3.05) is 0 Å². The summed E-state index contributed by atoms with van der Waals surface area (Å²) in [5, 5.41) is 9.09. The minimum atomic E-state index is -0.712. The summed E-state index contributed by atoms with van der Waals surface area (Å²) in [7, 11) is 0. The van der Waals surface area contributed by atoms with Gasteiger partial charge in [0.1, 0.15) is 0 Å². The number of hydrogen-bond acceptors (Lipinski definition) is 1. The molecule has 2 nitrogen and oxygen atoms in total. The van der Waals surface area contributed by atoms with E-state index < -0.39 is 5.97 Å². The van der Waals surface area contributed by atoms with Crippen molar-refractivity contribution < 1.29 is 9.90 Å². The van der Waals surface area contributed by atoms with Gasteiger partial charge in [0.15, 0.2) is 0 Å². The first-order chi connectivity index (χ1) is 7.48. The van der Waals surface area contributed by atoms with Crippen LogP contribution in [0.4, 0.5) is 0 Å². The lowest BCUT2D eigenvalue weighted by Crippen LogP contribution is -2.03. The van der Waals surface area contributed by atoms with Crippen molar-refractivity contribution in [2.45, 2.75) is 19.8 Å². The third-order valence-corrected chi connectivity index (χ3v) is 3.53. The summed E-state index contributed by atoms with van der Waals surface area (Å²) in [6.07, 6.45) is 5.28. The normalized spacial score (nSPS) is 25.8. The second-order valence-corrected chi connectivity index (χ2v) is 4.88. The second kappa shape index (κ2) is 3.38. The Morgan fingerprint density at radius 2 is 1.94 bits per heavy atom. The molecule has 1 aliphatic carbocycles. The Kier molecular flexibility index (Phi) is 2.27. The van der Waals surface area contributed by atoms with Gasteiger partial charge in [-0.1, -0.05) is 31.9 Å². The molecule has 2 rings (SSSR count). The summed E-state index contributed by atoms with van der Waals surface area (Å²) in [6, 6.07) is 7.60. The van der Waals surface area contributed by atoms with Gasteiger partial charge in [0.2, 0.25) is 0 Å². The predicted molar refractivity (Wildman–Crippen MR) is 62.0 cm³/mol. The van der Waals surface area contributed by atoms with Crippen molar-refractivity contribution in [3.63, 3.8) is 0 Å². The highest BCUT2D eigenvalue weighted by molar-refractivity contribution is 5.77. The molecule has 1 saturated carbocycles. The van der Waals surface area contributed by atoms with Gasteiger partial charge in [-0.15, -0.1) is 6.42 Å². The molecule has 1 fully saturated rings. The Morgan fingerprint density at radius 1 is 1.38 bits per heavy atom. The maximum atomic E-state index is 11.1. The van der Waals surface area contributed by atoms with Crippen LogP contribution in [0.25, 0.3) is 0 Å². The molecule has 2 unspecified atom stereocenters. The van der Waals surface area contributed by atoms with Gasteiger partial charge in [-0.2, -0.15) is 0 Å². The van der Waals surface area contributed by atoms with E-state index in [9.17, 15) is 4.79 Å². The molecule has 1 aromatic rings. The molecule has 0 bridgehead atoms. The molecule has 2 atom stereocenters. The second-order valence-electron chi connectivity index (χ2n) is 4.88. The lowest BCUT2D eigenvalue weighted by molar-refractivity contribution is -0.139. The van der Waals surface area contributed by atoms with Crippen molar-refractivity contribution in [3.8, 4) is 12.3 Å². The molecule has 1 aromatic carbocycles. The summed E-state index contributed by atoms with van der Waals surface area (Å²) in [6.45, 7) is 3.98. The maximum absolute atomic E-state index is 11.1. The highest BCUT2D eigenvalue weighted by Gasteiger charge is 2.62. The monoisotopic (exact) mass is 214 g/mol. The van der Waals surface area contributed by atoms with Crippen molar-refractivity contribution in [3.05, 3.63) is 35.4 Å². The lowest BCUT2D eigenvalue weighted by Gasteiger charge is -2.02. The smallest absolute Gasteiger partial charge is 0.307 e. The lowest BCUT2D eigenvalue weighted by atomic mass is 10.0. The van der Waals surface area contributed by atoms with E-state index in [1.165, 1.54) is 0 Å². The molecular weight excluding hydrogens is 200 g/mol. The SMILES string of the molecule is C#Cc1ccc(C2C(C(=O)O)C2(C)C)cc1. The van der Waals surface area contributed by atoms with E-state index in [-0.39, 0.29) is 17.3 Å². The third-order valence-electron chi connectivity index (χ3n) is 3.53. The van der Waals surface area contributed by atoms with Crippen LogP contribution < -0.4 is 0 Å². The number of aliphatic carboxylic acids is 1. The fourth-order valence-corrected chi connectivity index (χ4v) is 2.51. The summed E-state index contributed by atoms with van der Waals surface area (Å²) >= 11 is 0. The van der Waals surface area contributed by atoms with E-state index in [2.05, 4.69) is 5.92 Å². The molecular formula is C14H14O2. The largest absolute Gasteiger partial charge is 0.481 e. The van der Waals surface area contributed by atoms with Crippen molar-refractivity contribution in [2.24, 2.45) is 11.3 Å². The molecule has 2 heteroatoms. The minimum absolute atomic E-state index is 0.108. The summed E-state index contributed by atoms with van der Waals surface area (Å²) in [4.78, 5) is 11.1. The van der Waals surface area contributed by atoms with Crippen LogP contribution in [0.5, 0.6) is 0 Å². The molecule has 0 radical (unpaired) electrons. The number of hydrogen-bond donors (Lipinski definition) is 1. The van der Waals surface area contributed by atoms with Gasteiger partial charge in [-0.25, -0.2) is 0 Å². The Hall–Kier alpha value is -1.75. The van der Waals surface area contributed by atoms with Crippen molar-refractivity contribution in [1.29, 1.82) is 0 Å². The van der Waals surface area contributed by atoms with Crippen LogP contribution in [0, 0.1) is 23.7 Å². The molecule has 0 amide bonds. The highest BCUT2D eigenvalue weighted by Crippen LogP contribution is 2.64. The summed E-state index contributed by atoms with van der Waals surface area (Å²) < 4.78 is 0. The van der Waals surface area contributed by atoms with Crippen molar-refractivity contribution in [1.82, 2.24) is 0 Å². The first-order valence-electron chi connectivity index (χ1n) is 5.28. The van der Waals surface area contributed by atoms with Gasteiger partial charge >= 0.3 is 5.97 Å². The average Bonchev–Trinajstić information content (AvgIpc) is 2.82. The van der Waals surface area contributed by atoms with E-state index in [0.29, 0.717) is 0 Å². The standard InChI is InChI=1S/C14H14O2/c1-4-9-5-7-10(8-6-9)11-12(13(15)16)14(11,2)3/h1,5-8,11-12H,2-3H3,(H,15,16). The van der Waals surface area contributed by atoms with Gasteiger partial charge in [0, 0.05) is 11.5 Å². The van der Waals surface area contributed by atoms with Crippen LogP contribution in [0.15, 0.2) is 24.3 Å². The molecule has 0 saturated heterocycles. The highest BCUT2D eigenvalue weighted by atomic mass is 16.4. The summed E-state index contributed by atoms with van der Waals surface area (Å²) in [5.41, 5.74) is 1.74. The maximum Gasteiger partial charge on any atom is 0.307 e. The molecule has 1 N–H and O–H groups in total. The van der Waals surface area contributed by atoms with Crippen LogP contribution in [0.2, 0.25) is 0 Å². The minimum Gasteiger partial charge on any atom is -0.481 e. The van der Waals surface area contributed by atoms with Crippen LogP contribution >= 0.6 is 0 Å². The van der Waals surface area contributed by atoms with Crippen LogP contribution in [0.3, 0.4) is 0 Å². The number of carboxylic acids is 1. The Labute approximate surface area is 95.3 Å². The van der Waals surface area contributed by atoms with E-state index in [1.807, 2.05) is 38.1 Å². The van der Waals surface area contributed by atoms with Crippen LogP contribution in [-0.2, 0) is 4.79 Å². The van der Waals surface area contributed by atoms with E-state index in [4.69, 9.17) is 11.5 Å². The average molecular weight is 214 g/mol. The van der Waals surface area contributed by atoms with Gasteiger partial charge in [-0.3, -0.25) is 4.79 Å². The fourth-order valence-electron chi connectivity index (χ4n) is 2.51. The first-order valence-corrected chi connectivity index (χ1v) is 5.28. The third kappa shape index (κ3) is 1.49. The zero-order valence-electron chi connectivity index (χ0n) is 9.40. The fraction of sp³-hybridized carbons (Fsp3) is 0.357. The molecule has 82 valence electrons. The Morgan fingerprint density at radius 3 is 2.31 bits per heavy atom. The quantitative estimate of drug-likeness (QED) is 0.768. The van der Waals surface area contributed by atoms with Crippen molar-refractivity contribution >= 4 is 5.97 Å².